The van der Waals surface area contributed by atoms with Crippen molar-refractivity contribution in [1.82, 2.24) is 13.7 Å². The van der Waals surface area contributed by atoms with Gasteiger partial charge in [0.2, 0.25) is 0 Å². The highest BCUT2D eigenvalue weighted by Crippen LogP contribution is 2.48. The molecule has 0 spiro atoms. The first-order valence-corrected chi connectivity index (χ1v) is 29.1. The van der Waals surface area contributed by atoms with Crippen LogP contribution in [0.1, 0.15) is 37.5 Å². The zero-order valence-corrected chi connectivity index (χ0v) is 35.7. The molecule has 0 N–H and O–H groups in total. The monoisotopic (exact) mass is 717 g/mol. The Labute approximate surface area is 307 Å². The highest BCUT2D eigenvalue weighted by atomic mass is 28.3. The third-order valence-corrected chi connectivity index (χ3v) is 12.2. The molecule has 0 saturated heterocycles. The minimum Gasteiger partial charge on any atom is -0.340 e. The van der Waals surface area contributed by atoms with Crippen LogP contribution in [0.3, 0.4) is 0 Å². The standard InChI is InChI=1S/C45H51N3Si3/c1-13-46-37-28-31(22-25-49(4,5)6)16-19-34(37)40-43(46)41-35-20-17-32(23-26-50(7,8)9)29-38(35)47(14-2)45(41)42-36-21-18-33(24-27-51(10,11)12)30-39(36)48(15-3)44(40)42/h16-21,28-30H,13-15H2,1-12H3. The first kappa shape index (κ1) is 35.0. The third-order valence-electron chi connectivity index (χ3n) is 9.60. The lowest BCUT2D eigenvalue weighted by molar-refractivity contribution is 0.821. The maximum absolute atomic E-state index is 3.61. The number of benzene rings is 4. The summed E-state index contributed by atoms with van der Waals surface area (Å²) >= 11 is 0. The van der Waals surface area contributed by atoms with E-state index < -0.39 is 24.2 Å². The topological polar surface area (TPSA) is 14.8 Å². The van der Waals surface area contributed by atoms with Gasteiger partial charge in [-0.15, -0.1) is 16.6 Å². The van der Waals surface area contributed by atoms with Gasteiger partial charge < -0.3 is 13.7 Å². The molecule has 51 heavy (non-hydrogen) atoms. The van der Waals surface area contributed by atoms with Crippen molar-refractivity contribution in [2.75, 3.05) is 0 Å². The van der Waals surface area contributed by atoms with Gasteiger partial charge in [-0.1, -0.05) is 94.9 Å². The molecule has 6 heteroatoms. The van der Waals surface area contributed by atoms with E-state index in [2.05, 4.69) is 182 Å². The number of hydrogen-bond acceptors (Lipinski definition) is 0. The first-order chi connectivity index (χ1) is 24.0. The molecule has 7 rings (SSSR count). The van der Waals surface area contributed by atoms with Crippen molar-refractivity contribution in [3.05, 3.63) is 71.3 Å². The molecule has 0 saturated carbocycles. The summed E-state index contributed by atoms with van der Waals surface area (Å²) in [5.41, 5.74) is 21.8. The third kappa shape index (κ3) is 6.17. The summed E-state index contributed by atoms with van der Waals surface area (Å²) in [5.74, 6) is 10.7. The minimum absolute atomic E-state index is 0.868. The molecule has 0 amide bonds. The number of fused-ring (bicyclic) bond motifs is 12. The van der Waals surface area contributed by atoms with Crippen molar-refractivity contribution < 1.29 is 0 Å². The van der Waals surface area contributed by atoms with E-state index in [1.807, 2.05) is 0 Å². The average molecular weight is 718 g/mol. The van der Waals surface area contributed by atoms with Crippen LogP contribution in [0.25, 0.3) is 65.4 Å². The van der Waals surface area contributed by atoms with Gasteiger partial charge in [0.25, 0.3) is 0 Å². The predicted octanol–water partition coefficient (Wildman–Crippen LogP) is 11.8. The Morgan fingerprint density at radius 3 is 0.882 bits per heavy atom. The molecule has 7 aromatic rings. The van der Waals surface area contributed by atoms with Crippen LogP contribution in [0.5, 0.6) is 0 Å². The van der Waals surface area contributed by atoms with Crippen molar-refractivity contribution >= 4 is 89.6 Å². The van der Waals surface area contributed by atoms with Crippen LogP contribution in [0, 0.1) is 34.4 Å². The fourth-order valence-corrected chi connectivity index (χ4v) is 9.10. The Kier molecular flexibility index (Phi) is 8.51. The van der Waals surface area contributed by atoms with Gasteiger partial charge in [0, 0.05) is 68.6 Å². The Morgan fingerprint density at radius 1 is 0.412 bits per heavy atom. The molecule has 258 valence electrons. The van der Waals surface area contributed by atoms with E-state index in [9.17, 15) is 0 Å². The quantitative estimate of drug-likeness (QED) is 0.128. The molecule has 0 fully saturated rings. The van der Waals surface area contributed by atoms with E-state index in [-0.39, 0.29) is 0 Å². The fraction of sp³-hybridized carbons (Fsp3) is 0.333. The maximum atomic E-state index is 3.61. The van der Waals surface area contributed by atoms with E-state index >= 15 is 0 Å². The number of hydrogen-bond donors (Lipinski definition) is 0. The molecule has 0 aliphatic heterocycles. The lowest BCUT2D eigenvalue weighted by Crippen LogP contribution is -2.16. The number of aromatic nitrogens is 3. The van der Waals surface area contributed by atoms with Gasteiger partial charge in [-0.05, 0) is 57.2 Å². The van der Waals surface area contributed by atoms with Gasteiger partial charge >= 0.3 is 0 Å². The normalized spacial score (nSPS) is 12.5. The lowest BCUT2D eigenvalue weighted by atomic mass is 10.0. The Balaban J connectivity index is 1.74. The van der Waals surface area contributed by atoms with Crippen LogP contribution in [-0.4, -0.2) is 37.9 Å². The second kappa shape index (κ2) is 12.4. The number of aryl methyl sites for hydroxylation is 3. The number of nitrogens with zero attached hydrogens (tertiary/aromatic N) is 3. The van der Waals surface area contributed by atoms with Crippen LogP contribution in [-0.2, 0) is 19.6 Å². The highest BCUT2D eigenvalue weighted by Gasteiger charge is 2.27. The Morgan fingerprint density at radius 2 is 0.667 bits per heavy atom. The summed E-state index contributed by atoms with van der Waals surface area (Å²) in [6.07, 6.45) is 0. The summed E-state index contributed by atoms with van der Waals surface area (Å²) in [7, 11) is -4.59. The second-order valence-corrected chi connectivity index (χ2v) is 31.3. The van der Waals surface area contributed by atoms with Gasteiger partial charge in [-0.25, -0.2) is 0 Å². The van der Waals surface area contributed by atoms with Crippen molar-refractivity contribution in [3.8, 4) is 34.4 Å². The van der Waals surface area contributed by atoms with Gasteiger partial charge in [-0.2, -0.15) is 0 Å². The first-order valence-electron chi connectivity index (χ1n) is 18.6. The predicted molar refractivity (Wildman–Crippen MR) is 233 cm³/mol. The van der Waals surface area contributed by atoms with Crippen molar-refractivity contribution in [3.63, 3.8) is 0 Å². The SMILES string of the molecule is CCn1c2cc(C#C[Si](C)(C)C)ccc2c2c1c1c3ccc(C#C[Si](C)(C)C)cc3n(CC)c1c1c3ccc(C#C[Si](C)(C)C)cc3n(CC)c21. The Hall–Kier alpha value is -4.39. The van der Waals surface area contributed by atoms with Crippen LogP contribution < -0.4 is 0 Å². The number of rotatable bonds is 3. The minimum atomic E-state index is -1.53. The molecule has 0 radical (unpaired) electrons. The zero-order valence-electron chi connectivity index (χ0n) is 32.7. The summed E-state index contributed by atoms with van der Waals surface area (Å²) in [5, 5.41) is 7.90. The van der Waals surface area contributed by atoms with Crippen LogP contribution in [0.4, 0.5) is 0 Å². The zero-order chi connectivity index (χ0) is 36.6. The average Bonchev–Trinajstić information content (AvgIpc) is 3.68. The summed E-state index contributed by atoms with van der Waals surface area (Å²) in [6, 6.07) is 20.8. The second-order valence-electron chi connectivity index (χ2n) is 17.1. The molecular formula is C45H51N3Si3. The molecule has 3 aromatic heterocycles. The van der Waals surface area contributed by atoms with E-state index in [0.29, 0.717) is 0 Å². The molecule has 3 heterocycles. The molecule has 0 aliphatic rings. The smallest absolute Gasteiger partial charge is 0.129 e. The van der Waals surface area contributed by atoms with E-state index in [0.717, 1.165) is 36.3 Å². The summed E-state index contributed by atoms with van der Waals surface area (Å²) in [6.45, 7) is 30.3. The molecule has 0 bridgehead atoms. The summed E-state index contributed by atoms with van der Waals surface area (Å²) in [4.78, 5) is 0. The van der Waals surface area contributed by atoms with Crippen molar-refractivity contribution in [1.29, 1.82) is 0 Å². The van der Waals surface area contributed by atoms with Crippen LogP contribution in [0.15, 0.2) is 54.6 Å². The molecule has 3 nitrogen and oxygen atoms in total. The molecule has 0 unspecified atom stereocenters. The van der Waals surface area contributed by atoms with Crippen LogP contribution >= 0.6 is 0 Å². The van der Waals surface area contributed by atoms with Gasteiger partial charge in [0.15, 0.2) is 0 Å². The Bertz CT molecular complexity index is 2430. The molecule has 0 atom stereocenters. The lowest BCUT2D eigenvalue weighted by Gasteiger charge is -2.10. The van der Waals surface area contributed by atoms with E-state index in [4.69, 9.17) is 0 Å². The highest BCUT2D eigenvalue weighted by molar-refractivity contribution is 6.84. The van der Waals surface area contributed by atoms with E-state index in [1.54, 1.807) is 0 Å². The fourth-order valence-electron chi connectivity index (χ4n) is 7.54. The van der Waals surface area contributed by atoms with Crippen LogP contribution in [0.2, 0.25) is 58.9 Å². The van der Waals surface area contributed by atoms with Gasteiger partial charge in [-0.3, -0.25) is 0 Å². The van der Waals surface area contributed by atoms with Crippen molar-refractivity contribution in [2.45, 2.75) is 99.3 Å². The van der Waals surface area contributed by atoms with Crippen molar-refractivity contribution in [2.24, 2.45) is 0 Å². The molecular weight excluding hydrogens is 667 g/mol. The molecule has 0 aliphatic carbocycles. The van der Waals surface area contributed by atoms with Gasteiger partial charge in [0.05, 0.1) is 33.1 Å². The van der Waals surface area contributed by atoms with E-state index in [1.165, 1.54) is 65.4 Å². The largest absolute Gasteiger partial charge is 0.340 e. The van der Waals surface area contributed by atoms with Gasteiger partial charge in [0.1, 0.15) is 24.2 Å². The maximum Gasteiger partial charge on any atom is 0.129 e. The molecule has 4 aromatic carbocycles. The summed E-state index contributed by atoms with van der Waals surface area (Å²) < 4.78 is 7.69.